The third kappa shape index (κ3) is 4.32. The predicted octanol–water partition coefficient (Wildman–Crippen LogP) is 8.72. The number of rotatable bonds is 3. The number of hydrogen-bond donors (Lipinski definition) is 0. The first-order valence-corrected chi connectivity index (χ1v) is 19.0. The van der Waals surface area contributed by atoms with Gasteiger partial charge >= 0.3 is 21.1 Å². The van der Waals surface area contributed by atoms with Gasteiger partial charge in [-0.05, 0) is 52.2 Å². The average Bonchev–Trinajstić information content (AvgIpc) is 3.75. The SMILES string of the molecule is C[Si]1(C)c2ccccc2Oc2cc3c4cccnc4n(-c4[c-]c(C(F)c5[c-]c6c(cc5)c5ccccc5n5ccnc65)ccc4)c3cc21.[Pt+2]. The Morgan fingerprint density at radius 2 is 1.47 bits per heavy atom. The summed E-state index contributed by atoms with van der Waals surface area (Å²) in [5, 5.41) is 7.41. The van der Waals surface area contributed by atoms with E-state index >= 15 is 4.39 Å². The second-order valence-corrected chi connectivity index (χ2v) is 17.3. The van der Waals surface area contributed by atoms with Crippen molar-refractivity contribution in [2.45, 2.75) is 19.3 Å². The van der Waals surface area contributed by atoms with Gasteiger partial charge in [0.1, 0.15) is 31.4 Å². The standard InChI is InChI=1S/C41H27FN4OSi.Pt/c1-48(2)37-15-6-5-14-35(37)47-36-23-31-30-12-8-18-43-41(30)46(34(31)24-38(36)48)27-10-7-9-25(21-27)39(42)26-16-17-28-29-11-3-4-13-33(29)45-20-19-44-40(45)32(28)22-26;/h3-20,23-24,39H,1-2H3;/q-2;+2. The largest absolute Gasteiger partial charge is 2.00 e. The first-order chi connectivity index (χ1) is 23.5. The van der Waals surface area contributed by atoms with Crippen molar-refractivity contribution in [1.29, 1.82) is 0 Å². The van der Waals surface area contributed by atoms with Crippen molar-refractivity contribution in [3.63, 3.8) is 0 Å². The van der Waals surface area contributed by atoms with E-state index in [4.69, 9.17) is 9.72 Å². The molecule has 5 aromatic carbocycles. The van der Waals surface area contributed by atoms with Crippen LogP contribution in [0.4, 0.5) is 4.39 Å². The van der Waals surface area contributed by atoms with Crippen molar-refractivity contribution in [2.75, 3.05) is 0 Å². The number of imidazole rings is 1. The van der Waals surface area contributed by atoms with Crippen LogP contribution in [0.1, 0.15) is 17.3 Å². The number of hydrogen-bond acceptors (Lipinski definition) is 3. The molecule has 0 spiro atoms. The van der Waals surface area contributed by atoms with Gasteiger partial charge in [0.25, 0.3) is 0 Å². The van der Waals surface area contributed by atoms with Crippen LogP contribution in [-0.2, 0) is 21.1 Å². The van der Waals surface area contributed by atoms with Crippen LogP contribution in [-0.4, -0.2) is 27.0 Å². The summed E-state index contributed by atoms with van der Waals surface area (Å²) in [5.41, 5.74) is 5.20. The molecule has 0 N–H and O–H groups in total. The molecule has 0 amide bonds. The van der Waals surface area contributed by atoms with Crippen LogP contribution in [0.25, 0.3) is 54.9 Å². The zero-order valence-electron chi connectivity index (χ0n) is 26.5. The van der Waals surface area contributed by atoms with Crippen molar-refractivity contribution in [3.05, 3.63) is 145 Å². The third-order valence-electron chi connectivity index (χ3n) is 9.96. The normalized spacial score (nSPS) is 14.1. The van der Waals surface area contributed by atoms with Gasteiger partial charge in [-0.3, -0.25) is 4.98 Å². The summed E-state index contributed by atoms with van der Waals surface area (Å²) in [6, 6.07) is 41.3. The number of pyridine rings is 2. The number of para-hydroxylation sites is 2. The van der Waals surface area contributed by atoms with E-state index < -0.39 is 14.2 Å². The zero-order valence-corrected chi connectivity index (χ0v) is 29.8. The molecule has 0 fully saturated rings. The molecule has 1 aliphatic heterocycles. The fourth-order valence-electron chi connectivity index (χ4n) is 7.59. The smallest absolute Gasteiger partial charge is 0.458 e. The molecule has 1 atom stereocenters. The molecule has 0 bridgehead atoms. The Balaban J connectivity index is 0.00000325. The quantitative estimate of drug-likeness (QED) is 0.102. The Kier molecular flexibility index (Phi) is 6.71. The minimum Gasteiger partial charge on any atom is -0.458 e. The Morgan fingerprint density at radius 3 is 2.39 bits per heavy atom. The Bertz CT molecular complexity index is 2790. The maximum Gasteiger partial charge on any atom is 2.00 e. The van der Waals surface area contributed by atoms with Crippen molar-refractivity contribution < 1.29 is 30.2 Å². The first-order valence-electron chi connectivity index (χ1n) is 16.0. The molecular formula is C41H27FN4OPtSi. The topological polar surface area (TPSA) is 44.4 Å². The average molecular weight is 834 g/mol. The van der Waals surface area contributed by atoms with Crippen LogP contribution in [0.3, 0.4) is 0 Å². The molecule has 1 unspecified atom stereocenters. The van der Waals surface area contributed by atoms with Crippen LogP contribution >= 0.6 is 0 Å². The minimum atomic E-state index is -2.09. The summed E-state index contributed by atoms with van der Waals surface area (Å²) in [5.74, 6) is 1.83. The third-order valence-corrected chi connectivity index (χ3v) is 13.5. The summed E-state index contributed by atoms with van der Waals surface area (Å²) in [4.78, 5) is 9.43. The number of nitrogens with zero attached hydrogens (tertiary/aromatic N) is 4. The minimum absolute atomic E-state index is 0. The molecule has 49 heavy (non-hydrogen) atoms. The van der Waals surface area contributed by atoms with Gasteiger partial charge in [0.05, 0.1) is 11.2 Å². The molecular weight excluding hydrogens is 807 g/mol. The summed E-state index contributed by atoms with van der Waals surface area (Å²) < 4.78 is 27.3. The first kappa shape index (κ1) is 30.0. The summed E-state index contributed by atoms with van der Waals surface area (Å²) >= 11 is 0. The molecule has 1 aliphatic rings. The van der Waals surface area contributed by atoms with E-state index in [1.54, 1.807) is 18.5 Å². The van der Waals surface area contributed by atoms with Gasteiger partial charge in [0.2, 0.25) is 0 Å². The molecule has 9 aromatic rings. The molecule has 5 nitrogen and oxygen atoms in total. The van der Waals surface area contributed by atoms with E-state index in [0.29, 0.717) is 11.1 Å². The van der Waals surface area contributed by atoms with Gasteiger partial charge < -0.3 is 13.7 Å². The van der Waals surface area contributed by atoms with Crippen LogP contribution in [0, 0.1) is 12.1 Å². The number of fused-ring (bicyclic) bond motifs is 11. The molecule has 0 saturated carbocycles. The van der Waals surface area contributed by atoms with Gasteiger partial charge in [0.15, 0.2) is 0 Å². The van der Waals surface area contributed by atoms with Gasteiger partial charge in [0, 0.05) is 34.9 Å². The molecule has 0 aliphatic carbocycles. The van der Waals surface area contributed by atoms with Crippen LogP contribution < -0.4 is 15.1 Å². The summed E-state index contributed by atoms with van der Waals surface area (Å²) in [6.07, 6.45) is 4.07. The monoisotopic (exact) mass is 833 g/mol. The van der Waals surface area contributed by atoms with Gasteiger partial charge in [-0.2, -0.15) is 18.2 Å². The molecule has 8 heteroatoms. The molecule has 0 radical (unpaired) electrons. The van der Waals surface area contributed by atoms with Crippen molar-refractivity contribution >= 4 is 67.7 Å². The fraction of sp³-hybridized carbons (Fsp3) is 0.0732. The number of alkyl halides is 1. The van der Waals surface area contributed by atoms with Gasteiger partial charge in [-0.25, -0.2) is 9.37 Å². The fourth-order valence-corrected chi connectivity index (χ4v) is 10.4. The maximum absolute atomic E-state index is 16.6. The number of ether oxygens (including phenoxy) is 1. The molecule has 10 rings (SSSR count). The van der Waals surface area contributed by atoms with E-state index in [9.17, 15) is 0 Å². The zero-order chi connectivity index (χ0) is 32.1. The van der Waals surface area contributed by atoms with E-state index in [-0.39, 0.29) is 21.1 Å². The van der Waals surface area contributed by atoms with Crippen LogP contribution in [0.2, 0.25) is 13.1 Å². The maximum atomic E-state index is 16.6. The Labute approximate surface area is 296 Å². The van der Waals surface area contributed by atoms with Gasteiger partial charge in [-0.15, -0.1) is 29.8 Å². The van der Waals surface area contributed by atoms with E-state index in [0.717, 1.165) is 66.4 Å². The van der Waals surface area contributed by atoms with Crippen molar-refractivity contribution in [3.8, 4) is 17.2 Å². The Hall–Kier alpha value is -5.10. The van der Waals surface area contributed by atoms with Crippen molar-refractivity contribution in [1.82, 2.24) is 18.9 Å². The molecule has 238 valence electrons. The second-order valence-electron chi connectivity index (χ2n) is 13.0. The number of aromatic nitrogens is 4. The Morgan fingerprint density at radius 1 is 0.673 bits per heavy atom. The van der Waals surface area contributed by atoms with E-state index in [2.05, 4.69) is 83.3 Å². The molecule has 5 heterocycles. The molecule has 4 aromatic heterocycles. The van der Waals surface area contributed by atoms with Crippen molar-refractivity contribution in [2.24, 2.45) is 0 Å². The van der Waals surface area contributed by atoms with Crippen LogP contribution in [0.15, 0.2) is 122 Å². The summed E-state index contributed by atoms with van der Waals surface area (Å²) in [7, 11) is -2.09. The second kappa shape index (κ2) is 11.0. The van der Waals surface area contributed by atoms with Gasteiger partial charge in [-0.1, -0.05) is 71.5 Å². The van der Waals surface area contributed by atoms with Crippen LogP contribution in [0.5, 0.6) is 11.5 Å². The number of halogens is 1. The van der Waals surface area contributed by atoms with E-state index in [1.807, 2.05) is 59.1 Å². The summed E-state index contributed by atoms with van der Waals surface area (Å²) in [6.45, 7) is 4.73. The van der Waals surface area contributed by atoms with E-state index in [1.165, 1.54) is 10.4 Å². The predicted molar refractivity (Wildman–Crippen MR) is 193 cm³/mol. The molecule has 0 saturated heterocycles. The number of benzene rings is 5.